The van der Waals surface area contributed by atoms with Gasteiger partial charge in [0.05, 0.1) is 16.3 Å². The van der Waals surface area contributed by atoms with Crippen LogP contribution >= 0.6 is 11.6 Å². The van der Waals surface area contributed by atoms with E-state index in [1.165, 1.54) is 30.3 Å². The van der Waals surface area contributed by atoms with Gasteiger partial charge in [-0.3, -0.25) is 14.5 Å². The van der Waals surface area contributed by atoms with Gasteiger partial charge >= 0.3 is 5.97 Å². The largest absolute Gasteiger partial charge is 0.482 e. The van der Waals surface area contributed by atoms with Crippen LogP contribution in [0.2, 0.25) is 5.02 Å². The standard InChI is InChI=1S/C17H12ClFN2O5/c18-11-6-10(2-3-12(11)19)20-15(22)7-21-13-5-9(17(24)25)1-4-14(13)26-8-16(21)23/h1-6H,7-8H2,(H,20,22)(H,24,25). The van der Waals surface area contributed by atoms with Gasteiger partial charge in [-0.15, -0.1) is 0 Å². The number of carboxylic acid groups (broad SMARTS) is 1. The molecule has 2 aromatic rings. The van der Waals surface area contributed by atoms with Crippen LogP contribution in [0.5, 0.6) is 5.75 Å². The molecule has 0 fully saturated rings. The Morgan fingerprint density at radius 1 is 1.27 bits per heavy atom. The van der Waals surface area contributed by atoms with Gasteiger partial charge in [0.2, 0.25) is 5.91 Å². The molecule has 0 spiro atoms. The second-order valence-corrected chi connectivity index (χ2v) is 5.84. The lowest BCUT2D eigenvalue weighted by molar-refractivity contribution is -0.123. The summed E-state index contributed by atoms with van der Waals surface area (Å²) in [5, 5.41) is 11.5. The SMILES string of the molecule is O=C(CN1C(=O)COc2ccc(C(=O)O)cc21)Nc1ccc(F)c(Cl)c1. The molecule has 0 aliphatic carbocycles. The lowest BCUT2D eigenvalue weighted by Crippen LogP contribution is -2.43. The summed E-state index contributed by atoms with van der Waals surface area (Å²) in [6, 6.07) is 7.71. The fraction of sp³-hybridized carbons (Fsp3) is 0.118. The molecule has 9 heteroatoms. The summed E-state index contributed by atoms with van der Waals surface area (Å²) in [7, 11) is 0. The minimum absolute atomic E-state index is 0.0437. The second kappa shape index (κ2) is 7.01. The van der Waals surface area contributed by atoms with Crippen molar-refractivity contribution in [3.05, 3.63) is 52.8 Å². The zero-order valence-electron chi connectivity index (χ0n) is 13.2. The highest BCUT2D eigenvalue weighted by Gasteiger charge is 2.28. The minimum atomic E-state index is -1.17. The number of aromatic carboxylic acids is 1. The number of anilines is 2. The Hall–Kier alpha value is -3.13. The third-order valence-corrected chi connectivity index (χ3v) is 3.94. The van der Waals surface area contributed by atoms with Gasteiger partial charge in [0.1, 0.15) is 18.1 Å². The Morgan fingerprint density at radius 3 is 2.73 bits per heavy atom. The number of hydrogen-bond donors (Lipinski definition) is 2. The van der Waals surface area contributed by atoms with E-state index < -0.39 is 23.6 Å². The Kier molecular flexibility index (Phi) is 4.77. The van der Waals surface area contributed by atoms with Crippen LogP contribution in [-0.4, -0.2) is 36.0 Å². The van der Waals surface area contributed by atoms with Crippen LogP contribution in [0.25, 0.3) is 0 Å². The number of halogens is 2. The lowest BCUT2D eigenvalue weighted by Gasteiger charge is -2.29. The highest BCUT2D eigenvalue weighted by Crippen LogP contribution is 2.33. The number of carbonyl (C=O) groups excluding carboxylic acids is 2. The molecular formula is C17H12ClFN2O5. The van der Waals surface area contributed by atoms with E-state index in [2.05, 4.69) is 5.32 Å². The maximum atomic E-state index is 13.2. The first-order chi connectivity index (χ1) is 12.3. The topological polar surface area (TPSA) is 95.9 Å². The number of nitrogens with one attached hydrogen (secondary N) is 1. The number of hydrogen-bond acceptors (Lipinski definition) is 4. The van der Waals surface area contributed by atoms with E-state index >= 15 is 0 Å². The van der Waals surface area contributed by atoms with E-state index in [0.717, 1.165) is 11.0 Å². The van der Waals surface area contributed by atoms with Crippen molar-refractivity contribution in [1.82, 2.24) is 0 Å². The molecule has 2 amide bonds. The molecule has 0 saturated heterocycles. The first kappa shape index (κ1) is 17.7. The van der Waals surface area contributed by atoms with Crippen LogP contribution in [0.4, 0.5) is 15.8 Å². The molecule has 0 aromatic heterocycles. The van der Waals surface area contributed by atoms with Crippen molar-refractivity contribution < 1.29 is 28.6 Å². The van der Waals surface area contributed by atoms with Gasteiger partial charge in [0, 0.05) is 5.69 Å². The molecule has 2 aromatic carbocycles. The van der Waals surface area contributed by atoms with E-state index in [1.807, 2.05) is 0 Å². The van der Waals surface area contributed by atoms with Crippen LogP contribution in [0.15, 0.2) is 36.4 Å². The highest BCUT2D eigenvalue weighted by atomic mass is 35.5. The molecule has 1 aliphatic heterocycles. The fourth-order valence-corrected chi connectivity index (χ4v) is 2.61. The molecule has 3 rings (SSSR count). The molecule has 7 nitrogen and oxygen atoms in total. The summed E-state index contributed by atoms with van der Waals surface area (Å²) in [6.45, 7) is -0.637. The quantitative estimate of drug-likeness (QED) is 0.852. The predicted octanol–water partition coefficient (Wildman–Crippen LogP) is 2.54. The van der Waals surface area contributed by atoms with Crippen LogP contribution < -0.4 is 15.0 Å². The number of fused-ring (bicyclic) bond motifs is 1. The normalized spacial score (nSPS) is 13.0. The molecule has 2 N–H and O–H groups in total. The minimum Gasteiger partial charge on any atom is -0.482 e. The Morgan fingerprint density at radius 2 is 2.04 bits per heavy atom. The number of carbonyl (C=O) groups is 3. The summed E-state index contributed by atoms with van der Waals surface area (Å²) in [5.74, 6) is -2.55. The van der Waals surface area contributed by atoms with Crippen molar-refractivity contribution in [2.75, 3.05) is 23.4 Å². The third-order valence-electron chi connectivity index (χ3n) is 3.65. The van der Waals surface area contributed by atoms with Crippen LogP contribution in [0, 0.1) is 5.82 Å². The molecule has 1 aliphatic rings. The maximum absolute atomic E-state index is 13.2. The van der Waals surface area contributed by atoms with Gasteiger partial charge in [0.15, 0.2) is 6.61 Å². The third kappa shape index (κ3) is 3.60. The van der Waals surface area contributed by atoms with E-state index in [1.54, 1.807) is 0 Å². The van der Waals surface area contributed by atoms with Crippen molar-refractivity contribution in [2.45, 2.75) is 0 Å². The maximum Gasteiger partial charge on any atom is 0.335 e. The summed E-state index contributed by atoms with van der Waals surface area (Å²) in [4.78, 5) is 36.6. The predicted molar refractivity (Wildman–Crippen MR) is 91.3 cm³/mol. The molecule has 0 saturated carbocycles. The number of rotatable bonds is 4. The smallest absolute Gasteiger partial charge is 0.335 e. The number of ether oxygens (including phenoxy) is 1. The van der Waals surface area contributed by atoms with Gasteiger partial charge in [-0.2, -0.15) is 0 Å². The van der Waals surface area contributed by atoms with Gasteiger partial charge in [-0.05, 0) is 36.4 Å². The first-order valence-corrected chi connectivity index (χ1v) is 7.78. The molecule has 134 valence electrons. The van der Waals surface area contributed by atoms with E-state index in [0.29, 0.717) is 5.75 Å². The van der Waals surface area contributed by atoms with Gasteiger partial charge < -0.3 is 15.2 Å². The average Bonchev–Trinajstić information content (AvgIpc) is 2.60. The van der Waals surface area contributed by atoms with Gasteiger partial charge in [-0.25, -0.2) is 9.18 Å². The number of benzene rings is 2. The Bertz CT molecular complexity index is 918. The molecule has 0 unspecified atom stereocenters. The molecule has 0 bridgehead atoms. The average molecular weight is 379 g/mol. The Balaban J connectivity index is 1.81. The first-order valence-electron chi connectivity index (χ1n) is 7.40. The van der Waals surface area contributed by atoms with Crippen molar-refractivity contribution >= 4 is 40.8 Å². The van der Waals surface area contributed by atoms with Crippen molar-refractivity contribution in [2.24, 2.45) is 0 Å². The second-order valence-electron chi connectivity index (χ2n) is 5.43. The van der Waals surface area contributed by atoms with Crippen LogP contribution in [0.1, 0.15) is 10.4 Å². The van der Waals surface area contributed by atoms with Gasteiger partial charge in [-0.1, -0.05) is 11.6 Å². The van der Waals surface area contributed by atoms with Crippen molar-refractivity contribution in [3.63, 3.8) is 0 Å². The highest BCUT2D eigenvalue weighted by molar-refractivity contribution is 6.31. The Labute approximate surface area is 151 Å². The lowest BCUT2D eigenvalue weighted by atomic mass is 10.1. The summed E-state index contributed by atoms with van der Waals surface area (Å²) >= 11 is 5.66. The number of nitrogens with zero attached hydrogens (tertiary/aromatic N) is 1. The fourth-order valence-electron chi connectivity index (χ4n) is 2.43. The molecule has 0 atom stereocenters. The van der Waals surface area contributed by atoms with Crippen LogP contribution in [0.3, 0.4) is 0 Å². The van der Waals surface area contributed by atoms with Gasteiger partial charge in [0.25, 0.3) is 5.91 Å². The van der Waals surface area contributed by atoms with E-state index in [-0.39, 0.29) is 35.1 Å². The van der Waals surface area contributed by atoms with E-state index in [4.69, 9.17) is 21.4 Å². The molecule has 26 heavy (non-hydrogen) atoms. The molecular weight excluding hydrogens is 367 g/mol. The van der Waals surface area contributed by atoms with Crippen LogP contribution in [-0.2, 0) is 9.59 Å². The monoisotopic (exact) mass is 378 g/mol. The summed E-state index contributed by atoms with van der Waals surface area (Å²) < 4.78 is 18.4. The molecule has 1 heterocycles. The number of carboxylic acids is 1. The zero-order valence-corrected chi connectivity index (χ0v) is 13.9. The summed E-state index contributed by atoms with van der Waals surface area (Å²) in [5.41, 5.74) is 0.410. The van der Waals surface area contributed by atoms with Crippen molar-refractivity contribution in [3.8, 4) is 5.75 Å². The van der Waals surface area contributed by atoms with E-state index in [9.17, 15) is 18.8 Å². The molecule has 0 radical (unpaired) electrons. The zero-order chi connectivity index (χ0) is 18.8. The summed E-state index contributed by atoms with van der Waals surface area (Å²) in [6.07, 6.45) is 0. The number of amides is 2. The van der Waals surface area contributed by atoms with Crippen molar-refractivity contribution in [1.29, 1.82) is 0 Å².